The van der Waals surface area contributed by atoms with Crippen LogP contribution in [0.4, 0.5) is 13.2 Å². The van der Waals surface area contributed by atoms with Gasteiger partial charge < -0.3 is 9.30 Å². The number of halogens is 4. The zero-order chi connectivity index (χ0) is 20.7. The highest BCUT2D eigenvalue weighted by Crippen LogP contribution is 2.28. The number of aryl methyl sites for hydroxylation is 1. The van der Waals surface area contributed by atoms with E-state index in [9.17, 15) is 18.0 Å². The number of imidazole rings is 1. The average Bonchev–Trinajstić information content (AvgIpc) is 3.13. The summed E-state index contributed by atoms with van der Waals surface area (Å²) in [6, 6.07) is 7.43. The molecule has 10 heteroatoms. The minimum atomic E-state index is -1.69. The van der Waals surface area contributed by atoms with Gasteiger partial charge >= 0.3 is 6.01 Å². The van der Waals surface area contributed by atoms with E-state index in [0.29, 0.717) is 23.3 Å². The van der Waals surface area contributed by atoms with Gasteiger partial charge in [0.15, 0.2) is 28.5 Å². The number of nitrogens with zero attached hydrogens (tertiary/aromatic N) is 4. The minimum absolute atomic E-state index is 0.0694. The van der Waals surface area contributed by atoms with Gasteiger partial charge in [-0.25, -0.2) is 18.3 Å². The summed E-state index contributed by atoms with van der Waals surface area (Å²) in [6.07, 6.45) is 1.44. The van der Waals surface area contributed by atoms with Crippen LogP contribution in [0.3, 0.4) is 0 Å². The maximum absolute atomic E-state index is 14.1. The lowest BCUT2D eigenvalue weighted by atomic mass is 10.3. The Hall–Kier alpha value is -3.33. The first kappa shape index (κ1) is 19.0. The molecule has 4 rings (SSSR count). The topological polar surface area (TPSA) is 61.9 Å². The standard InChI is InChI=1S/C19H12ClF3N4O2/c1-2-26-9-24-16-17(26)25-19(29-13-8-7-12(21)14(22)15(13)23)27(18(16)28)11-5-3-10(20)4-6-11/h3-9H,2H2,1H3. The molecule has 0 amide bonds. The van der Waals surface area contributed by atoms with Gasteiger partial charge in [-0.1, -0.05) is 11.6 Å². The lowest BCUT2D eigenvalue weighted by molar-refractivity contribution is 0.371. The molecule has 0 fully saturated rings. The summed E-state index contributed by atoms with van der Waals surface area (Å²) >= 11 is 5.90. The van der Waals surface area contributed by atoms with E-state index in [1.165, 1.54) is 18.5 Å². The van der Waals surface area contributed by atoms with E-state index >= 15 is 0 Å². The van der Waals surface area contributed by atoms with Crippen molar-refractivity contribution in [1.82, 2.24) is 19.1 Å². The van der Waals surface area contributed by atoms with Crippen LogP contribution in [-0.4, -0.2) is 19.1 Å². The SMILES string of the molecule is CCn1cnc2c(=O)n(-c3ccc(Cl)cc3)c(Oc3ccc(F)c(F)c3F)nc21. The molecule has 0 radical (unpaired) electrons. The summed E-state index contributed by atoms with van der Waals surface area (Å²) in [5.74, 6) is -5.22. The van der Waals surface area contributed by atoms with Gasteiger partial charge in [-0.05, 0) is 43.3 Å². The first-order chi connectivity index (χ1) is 13.9. The highest BCUT2D eigenvalue weighted by molar-refractivity contribution is 6.30. The molecule has 29 heavy (non-hydrogen) atoms. The zero-order valence-electron chi connectivity index (χ0n) is 14.9. The summed E-state index contributed by atoms with van der Waals surface area (Å²) in [5, 5.41) is 0.431. The fraction of sp³-hybridized carbons (Fsp3) is 0.105. The zero-order valence-corrected chi connectivity index (χ0v) is 15.6. The van der Waals surface area contributed by atoms with Crippen molar-refractivity contribution in [2.24, 2.45) is 0 Å². The van der Waals surface area contributed by atoms with E-state index in [0.717, 1.165) is 10.6 Å². The number of hydrogen-bond donors (Lipinski definition) is 0. The molecule has 0 bridgehead atoms. The Morgan fingerprint density at radius 2 is 1.79 bits per heavy atom. The van der Waals surface area contributed by atoms with Crippen LogP contribution in [0.25, 0.3) is 16.9 Å². The molecule has 148 valence electrons. The predicted octanol–water partition coefficient (Wildman–Crippen LogP) is 4.47. The van der Waals surface area contributed by atoms with Gasteiger partial charge in [0, 0.05) is 11.6 Å². The third-order valence-corrected chi connectivity index (χ3v) is 4.49. The van der Waals surface area contributed by atoms with E-state index in [1.807, 2.05) is 6.92 Å². The normalized spacial score (nSPS) is 11.2. The van der Waals surface area contributed by atoms with Gasteiger partial charge in [-0.3, -0.25) is 4.79 Å². The third-order valence-electron chi connectivity index (χ3n) is 4.24. The molecule has 0 spiro atoms. The van der Waals surface area contributed by atoms with E-state index in [4.69, 9.17) is 16.3 Å². The van der Waals surface area contributed by atoms with Crippen LogP contribution in [0, 0.1) is 17.5 Å². The molecule has 4 aromatic rings. The molecule has 0 aliphatic rings. The molecule has 0 N–H and O–H groups in total. The quantitative estimate of drug-likeness (QED) is 0.457. The van der Waals surface area contributed by atoms with Crippen molar-refractivity contribution >= 4 is 22.8 Å². The molecule has 2 aromatic heterocycles. The summed E-state index contributed by atoms with van der Waals surface area (Å²) in [7, 11) is 0. The number of hydrogen-bond acceptors (Lipinski definition) is 4. The monoisotopic (exact) mass is 420 g/mol. The molecular weight excluding hydrogens is 409 g/mol. The fourth-order valence-corrected chi connectivity index (χ4v) is 2.91. The van der Waals surface area contributed by atoms with Crippen LogP contribution < -0.4 is 10.3 Å². The Bertz CT molecular complexity index is 1290. The largest absolute Gasteiger partial charge is 0.422 e. The third kappa shape index (κ3) is 3.23. The molecule has 0 aliphatic heterocycles. The minimum Gasteiger partial charge on any atom is -0.422 e. The van der Waals surface area contributed by atoms with Crippen molar-refractivity contribution in [2.45, 2.75) is 13.5 Å². The summed E-state index contributed by atoms with van der Waals surface area (Å²) in [4.78, 5) is 21.4. The number of fused-ring (bicyclic) bond motifs is 1. The first-order valence-electron chi connectivity index (χ1n) is 8.46. The van der Waals surface area contributed by atoms with Gasteiger partial charge in [0.05, 0.1) is 12.0 Å². The van der Waals surface area contributed by atoms with Crippen molar-refractivity contribution in [3.05, 3.63) is 75.6 Å². The van der Waals surface area contributed by atoms with Crippen molar-refractivity contribution in [3.8, 4) is 17.4 Å². The van der Waals surface area contributed by atoms with Crippen LogP contribution >= 0.6 is 11.6 Å². The summed E-state index contributed by atoms with van der Waals surface area (Å²) in [6.45, 7) is 2.29. The van der Waals surface area contributed by atoms with Crippen LogP contribution in [0.2, 0.25) is 5.02 Å². The number of rotatable bonds is 4. The Kier molecular flexibility index (Phi) is 4.75. The van der Waals surface area contributed by atoms with E-state index in [-0.39, 0.29) is 17.2 Å². The molecule has 6 nitrogen and oxygen atoms in total. The van der Waals surface area contributed by atoms with Gasteiger partial charge in [0.2, 0.25) is 5.82 Å². The van der Waals surface area contributed by atoms with Gasteiger partial charge in [-0.2, -0.15) is 9.37 Å². The predicted molar refractivity (Wildman–Crippen MR) is 100 cm³/mol. The molecule has 0 atom stereocenters. The van der Waals surface area contributed by atoms with Crippen LogP contribution in [-0.2, 0) is 6.54 Å². The molecule has 0 aliphatic carbocycles. The number of benzene rings is 2. The number of ether oxygens (including phenoxy) is 1. The maximum atomic E-state index is 14.1. The van der Waals surface area contributed by atoms with Crippen molar-refractivity contribution in [3.63, 3.8) is 0 Å². The van der Waals surface area contributed by atoms with E-state index in [1.54, 1.807) is 16.7 Å². The molecule has 0 saturated carbocycles. The fourth-order valence-electron chi connectivity index (χ4n) is 2.78. The highest BCUT2D eigenvalue weighted by atomic mass is 35.5. The Balaban J connectivity index is 1.98. The molecule has 0 unspecified atom stereocenters. The maximum Gasteiger partial charge on any atom is 0.311 e. The van der Waals surface area contributed by atoms with Crippen LogP contribution in [0.5, 0.6) is 11.8 Å². The Morgan fingerprint density at radius 3 is 2.48 bits per heavy atom. The molecule has 2 aromatic carbocycles. The Morgan fingerprint density at radius 1 is 1.07 bits per heavy atom. The number of aromatic nitrogens is 4. The molecule has 2 heterocycles. The van der Waals surface area contributed by atoms with Crippen molar-refractivity contribution in [1.29, 1.82) is 0 Å². The van der Waals surface area contributed by atoms with Crippen LogP contribution in [0.1, 0.15) is 6.92 Å². The first-order valence-corrected chi connectivity index (χ1v) is 8.83. The van der Waals surface area contributed by atoms with Crippen LogP contribution in [0.15, 0.2) is 47.5 Å². The van der Waals surface area contributed by atoms with Gasteiger partial charge in [0.25, 0.3) is 5.56 Å². The highest BCUT2D eigenvalue weighted by Gasteiger charge is 2.21. The second-order valence-electron chi connectivity index (χ2n) is 5.99. The summed E-state index contributed by atoms with van der Waals surface area (Å²) in [5.41, 5.74) is 0.0148. The van der Waals surface area contributed by atoms with E-state index in [2.05, 4.69) is 9.97 Å². The van der Waals surface area contributed by atoms with Gasteiger partial charge in [0.1, 0.15) is 0 Å². The van der Waals surface area contributed by atoms with Crippen molar-refractivity contribution < 1.29 is 17.9 Å². The second-order valence-corrected chi connectivity index (χ2v) is 6.43. The molecule has 0 saturated heterocycles. The average molecular weight is 421 g/mol. The Labute approximate surface area is 166 Å². The lowest BCUT2D eigenvalue weighted by Gasteiger charge is -2.14. The van der Waals surface area contributed by atoms with Crippen molar-refractivity contribution in [2.75, 3.05) is 0 Å². The molecular formula is C19H12ClF3N4O2. The second kappa shape index (κ2) is 7.25. The smallest absolute Gasteiger partial charge is 0.311 e. The van der Waals surface area contributed by atoms with E-state index < -0.39 is 28.8 Å². The summed E-state index contributed by atoms with van der Waals surface area (Å²) < 4.78 is 49.1. The lowest BCUT2D eigenvalue weighted by Crippen LogP contribution is -2.22. The van der Waals surface area contributed by atoms with Gasteiger partial charge in [-0.15, -0.1) is 0 Å².